The van der Waals surface area contributed by atoms with Crippen molar-refractivity contribution in [1.82, 2.24) is 15.3 Å². The predicted molar refractivity (Wildman–Crippen MR) is 99.8 cm³/mol. The molecule has 0 saturated heterocycles. The zero-order valence-electron chi connectivity index (χ0n) is 14.2. The molecule has 1 aromatic heterocycles. The van der Waals surface area contributed by atoms with E-state index < -0.39 is 0 Å². The SMILES string of the molecule is O=C(NCc1ccccc1Cl)c1cnc(NC2CCCCCC2)cn1. The van der Waals surface area contributed by atoms with Gasteiger partial charge in [-0.2, -0.15) is 0 Å². The number of carbonyl (C=O) groups is 1. The highest BCUT2D eigenvalue weighted by Gasteiger charge is 2.13. The van der Waals surface area contributed by atoms with Crippen LogP contribution in [0.2, 0.25) is 5.02 Å². The molecule has 0 spiro atoms. The summed E-state index contributed by atoms with van der Waals surface area (Å²) < 4.78 is 0. The summed E-state index contributed by atoms with van der Waals surface area (Å²) >= 11 is 6.09. The van der Waals surface area contributed by atoms with Crippen molar-refractivity contribution in [2.45, 2.75) is 51.1 Å². The number of aromatic nitrogens is 2. The van der Waals surface area contributed by atoms with E-state index in [4.69, 9.17) is 11.6 Å². The fourth-order valence-electron chi connectivity index (χ4n) is 3.06. The number of nitrogens with zero attached hydrogens (tertiary/aromatic N) is 2. The third kappa shape index (κ3) is 5.16. The predicted octanol–water partition coefficient (Wildman–Crippen LogP) is 4.19. The van der Waals surface area contributed by atoms with Crippen LogP contribution in [0.5, 0.6) is 0 Å². The number of carbonyl (C=O) groups excluding carboxylic acids is 1. The van der Waals surface area contributed by atoms with Crippen LogP contribution in [-0.2, 0) is 6.54 Å². The highest BCUT2D eigenvalue weighted by molar-refractivity contribution is 6.31. The van der Waals surface area contributed by atoms with Crippen LogP contribution in [0.4, 0.5) is 5.82 Å². The molecule has 0 aliphatic heterocycles. The average Bonchev–Trinajstić information content (AvgIpc) is 2.90. The Balaban J connectivity index is 1.54. The van der Waals surface area contributed by atoms with E-state index in [1.807, 2.05) is 18.2 Å². The highest BCUT2D eigenvalue weighted by Crippen LogP contribution is 2.20. The van der Waals surface area contributed by atoms with E-state index >= 15 is 0 Å². The van der Waals surface area contributed by atoms with Crippen LogP contribution in [0.1, 0.15) is 54.6 Å². The molecule has 1 fully saturated rings. The standard InChI is InChI=1S/C19H23ClN4O/c20-16-10-6-5-7-14(16)11-23-19(25)17-12-22-18(13-21-17)24-15-8-3-1-2-4-9-15/h5-7,10,12-13,15H,1-4,8-9,11H2,(H,22,24)(H,23,25). The molecule has 25 heavy (non-hydrogen) atoms. The summed E-state index contributed by atoms with van der Waals surface area (Å²) in [5.41, 5.74) is 1.18. The maximum atomic E-state index is 12.2. The molecule has 1 heterocycles. The molecule has 1 aliphatic rings. The van der Waals surface area contributed by atoms with Gasteiger partial charge in [0, 0.05) is 17.6 Å². The highest BCUT2D eigenvalue weighted by atomic mass is 35.5. The van der Waals surface area contributed by atoms with E-state index in [2.05, 4.69) is 20.6 Å². The summed E-state index contributed by atoms with van der Waals surface area (Å²) in [5.74, 6) is 0.475. The van der Waals surface area contributed by atoms with Gasteiger partial charge in [0.25, 0.3) is 5.91 Å². The summed E-state index contributed by atoms with van der Waals surface area (Å²) in [6.45, 7) is 0.363. The minimum Gasteiger partial charge on any atom is -0.366 e. The molecule has 2 N–H and O–H groups in total. The van der Waals surface area contributed by atoms with Crippen molar-refractivity contribution in [3.63, 3.8) is 0 Å². The van der Waals surface area contributed by atoms with Crippen molar-refractivity contribution in [1.29, 1.82) is 0 Å². The zero-order valence-corrected chi connectivity index (χ0v) is 14.9. The first-order valence-corrected chi connectivity index (χ1v) is 9.20. The normalized spacial score (nSPS) is 15.4. The molecule has 0 unspecified atom stereocenters. The van der Waals surface area contributed by atoms with Crippen LogP contribution in [0, 0.1) is 0 Å². The molecule has 5 nitrogen and oxygen atoms in total. The first-order valence-electron chi connectivity index (χ1n) is 8.82. The lowest BCUT2D eigenvalue weighted by molar-refractivity contribution is 0.0945. The Morgan fingerprint density at radius 3 is 2.52 bits per heavy atom. The number of benzene rings is 1. The summed E-state index contributed by atoms with van der Waals surface area (Å²) in [7, 11) is 0. The Kier molecular flexibility index (Phi) is 6.23. The van der Waals surface area contributed by atoms with Crippen LogP contribution in [0.25, 0.3) is 0 Å². The van der Waals surface area contributed by atoms with Crippen LogP contribution in [-0.4, -0.2) is 21.9 Å². The number of hydrogen-bond donors (Lipinski definition) is 2. The van der Waals surface area contributed by atoms with E-state index in [9.17, 15) is 4.79 Å². The number of hydrogen-bond acceptors (Lipinski definition) is 4. The third-order valence-corrected chi connectivity index (χ3v) is 4.86. The first kappa shape index (κ1) is 17.7. The molecule has 1 aliphatic carbocycles. The largest absolute Gasteiger partial charge is 0.366 e. The minimum absolute atomic E-state index is 0.256. The molecule has 0 radical (unpaired) electrons. The van der Waals surface area contributed by atoms with Crippen molar-refractivity contribution in [2.75, 3.05) is 5.32 Å². The van der Waals surface area contributed by atoms with Gasteiger partial charge in [-0.3, -0.25) is 4.79 Å². The lowest BCUT2D eigenvalue weighted by Crippen LogP contribution is -2.24. The number of rotatable bonds is 5. The smallest absolute Gasteiger partial charge is 0.271 e. The summed E-state index contributed by atoms with van der Waals surface area (Å²) in [6.07, 6.45) is 10.6. The van der Waals surface area contributed by atoms with Crippen molar-refractivity contribution in [3.05, 3.63) is 52.9 Å². The van der Waals surface area contributed by atoms with Gasteiger partial charge in [-0.1, -0.05) is 55.5 Å². The van der Waals surface area contributed by atoms with E-state index in [1.165, 1.54) is 44.7 Å². The average molecular weight is 359 g/mol. The molecule has 2 aromatic rings. The molecule has 0 atom stereocenters. The molecule has 132 valence electrons. The molecular weight excluding hydrogens is 336 g/mol. The van der Waals surface area contributed by atoms with Crippen LogP contribution in [0.15, 0.2) is 36.7 Å². The molecule has 3 rings (SSSR count). The minimum atomic E-state index is -0.256. The summed E-state index contributed by atoms with van der Waals surface area (Å²) in [6, 6.07) is 7.89. The van der Waals surface area contributed by atoms with Crippen molar-refractivity contribution < 1.29 is 4.79 Å². The Hall–Kier alpha value is -2.14. The summed E-state index contributed by atoms with van der Waals surface area (Å²) in [5, 5.41) is 6.88. The van der Waals surface area contributed by atoms with E-state index in [0.717, 1.165) is 11.4 Å². The first-order chi connectivity index (χ1) is 12.2. The quantitative estimate of drug-likeness (QED) is 0.786. The second-order valence-corrected chi connectivity index (χ2v) is 6.80. The van der Waals surface area contributed by atoms with E-state index in [0.29, 0.717) is 23.3 Å². The van der Waals surface area contributed by atoms with Gasteiger partial charge in [0.1, 0.15) is 11.5 Å². The van der Waals surface area contributed by atoms with Gasteiger partial charge < -0.3 is 10.6 Å². The number of nitrogens with one attached hydrogen (secondary N) is 2. The fraction of sp³-hybridized carbons (Fsp3) is 0.421. The zero-order chi connectivity index (χ0) is 17.5. The van der Waals surface area contributed by atoms with Gasteiger partial charge in [0.05, 0.1) is 12.4 Å². The Morgan fingerprint density at radius 1 is 1.08 bits per heavy atom. The van der Waals surface area contributed by atoms with Crippen molar-refractivity contribution in [2.24, 2.45) is 0 Å². The van der Waals surface area contributed by atoms with Crippen LogP contribution < -0.4 is 10.6 Å². The monoisotopic (exact) mass is 358 g/mol. The topological polar surface area (TPSA) is 66.9 Å². The molecule has 0 bridgehead atoms. The molecular formula is C19H23ClN4O. The van der Waals surface area contributed by atoms with Crippen molar-refractivity contribution in [3.8, 4) is 0 Å². The van der Waals surface area contributed by atoms with Gasteiger partial charge in [-0.05, 0) is 24.5 Å². The third-order valence-electron chi connectivity index (χ3n) is 4.49. The Morgan fingerprint density at radius 2 is 1.84 bits per heavy atom. The number of amides is 1. The maximum absolute atomic E-state index is 12.2. The van der Waals surface area contributed by atoms with Gasteiger partial charge in [-0.25, -0.2) is 9.97 Å². The van der Waals surface area contributed by atoms with Crippen LogP contribution in [0.3, 0.4) is 0 Å². The molecule has 1 amide bonds. The Bertz CT molecular complexity index is 697. The molecule has 6 heteroatoms. The van der Waals surface area contributed by atoms with Gasteiger partial charge in [0.2, 0.25) is 0 Å². The maximum Gasteiger partial charge on any atom is 0.271 e. The van der Waals surface area contributed by atoms with Gasteiger partial charge >= 0.3 is 0 Å². The lowest BCUT2D eigenvalue weighted by Gasteiger charge is -2.16. The van der Waals surface area contributed by atoms with E-state index in [1.54, 1.807) is 12.3 Å². The van der Waals surface area contributed by atoms with Gasteiger partial charge in [0.15, 0.2) is 0 Å². The number of anilines is 1. The summed E-state index contributed by atoms with van der Waals surface area (Å²) in [4.78, 5) is 20.8. The molecule has 1 aromatic carbocycles. The molecule has 1 saturated carbocycles. The second kappa shape index (κ2) is 8.81. The van der Waals surface area contributed by atoms with Gasteiger partial charge in [-0.15, -0.1) is 0 Å². The lowest BCUT2D eigenvalue weighted by atomic mass is 10.1. The number of halogens is 1. The Labute approximate surface area is 153 Å². The van der Waals surface area contributed by atoms with E-state index in [-0.39, 0.29) is 5.91 Å². The second-order valence-electron chi connectivity index (χ2n) is 6.39. The fourth-order valence-corrected chi connectivity index (χ4v) is 3.26. The van der Waals surface area contributed by atoms with Crippen molar-refractivity contribution >= 4 is 23.3 Å². The van der Waals surface area contributed by atoms with Crippen LogP contribution >= 0.6 is 11.6 Å².